The number of esters is 1. The number of carbonyl (C=O) groups is 1. The van der Waals surface area contributed by atoms with Gasteiger partial charge in [-0.1, -0.05) is 78.1 Å². The van der Waals surface area contributed by atoms with Crippen LogP contribution in [-0.4, -0.2) is 22.5 Å². The number of ether oxygens (including phenoxy) is 2. The van der Waals surface area contributed by atoms with Crippen molar-refractivity contribution < 1.29 is 14.3 Å². The molecule has 0 N–H and O–H groups in total. The zero-order valence-corrected chi connectivity index (χ0v) is 25.2. The number of nitrogens with zero attached hydrogens (tertiary/aromatic N) is 2. The standard InChI is InChI=1S/C33H43BrN2O3/c1-3-5-7-9-10-11-12-13-15-26-24-35-32(36-25-26)27-16-19-29(20-17-27)39-33(37)28-18-21-31(30(34)23-28)38-22-14-8-6-4-2/h16-21,23-25H,3-15,22H2,1-2H3. The number of hydrogen-bond acceptors (Lipinski definition) is 5. The minimum Gasteiger partial charge on any atom is -0.492 e. The Kier molecular flexibility index (Phi) is 14.0. The number of aromatic nitrogens is 2. The van der Waals surface area contributed by atoms with Crippen molar-refractivity contribution in [2.24, 2.45) is 0 Å². The molecule has 2 aromatic carbocycles. The first-order valence-electron chi connectivity index (χ1n) is 14.7. The average Bonchev–Trinajstić information content (AvgIpc) is 2.96. The van der Waals surface area contributed by atoms with Gasteiger partial charge in [0.25, 0.3) is 0 Å². The lowest BCUT2D eigenvalue weighted by Gasteiger charge is -2.10. The Morgan fingerprint density at radius 1 is 0.769 bits per heavy atom. The van der Waals surface area contributed by atoms with E-state index in [4.69, 9.17) is 9.47 Å². The van der Waals surface area contributed by atoms with Crippen LogP contribution in [0.4, 0.5) is 0 Å². The summed E-state index contributed by atoms with van der Waals surface area (Å²) in [4.78, 5) is 21.8. The molecule has 0 unspecified atom stereocenters. The highest BCUT2D eigenvalue weighted by atomic mass is 79.9. The molecule has 0 radical (unpaired) electrons. The molecule has 1 aromatic heterocycles. The Balaban J connectivity index is 1.44. The van der Waals surface area contributed by atoms with E-state index in [9.17, 15) is 4.79 Å². The lowest BCUT2D eigenvalue weighted by Crippen LogP contribution is -2.09. The molecule has 210 valence electrons. The molecule has 5 nitrogen and oxygen atoms in total. The van der Waals surface area contributed by atoms with Crippen molar-refractivity contribution in [2.45, 2.75) is 97.3 Å². The molecule has 0 amide bonds. The summed E-state index contributed by atoms with van der Waals surface area (Å²) in [6.07, 6.45) is 20.0. The summed E-state index contributed by atoms with van der Waals surface area (Å²) < 4.78 is 12.2. The smallest absolute Gasteiger partial charge is 0.343 e. The molecule has 0 fully saturated rings. The SMILES string of the molecule is CCCCCCCCCCc1cnc(-c2ccc(OC(=O)c3ccc(OCCCCCC)c(Br)c3)cc2)nc1. The molecule has 0 atom stereocenters. The molecule has 6 heteroatoms. The molecule has 0 aliphatic heterocycles. The topological polar surface area (TPSA) is 61.3 Å². The highest BCUT2D eigenvalue weighted by molar-refractivity contribution is 9.10. The van der Waals surface area contributed by atoms with Crippen LogP contribution in [0.3, 0.4) is 0 Å². The van der Waals surface area contributed by atoms with Gasteiger partial charge in [0, 0.05) is 18.0 Å². The van der Waals surface area contributed by atoms with Crippen molar-refractivity contribution in [2.75, 3.05) is 6.61 Å². The molecule has 0 spiro atoms. The predicted molar refractivity (Wildman–Crippen MR) is 163 cm³/mol. The summed E-state index contributed by atoms with van der Waals surface area (Å²) in [7, 11) is 0. The van der Waals surface area contributed by atoms with Crippen LogP contribution in [0, 0.1) is 0 Å². The van der Waals surface area contributed by atoms with Crippen LogP contribution in [-0.2, 0) is 6.42 Å². The van der Waals surface area contributed by atoms with Gasteiger partial charge in [-0.05, 0) is 83.2 Å². The van der Waals surface area contributed by atoms with Crippen molar-refractivity contribution in [3.63, 3.8) is 0 Å². The van der Waals surface area contributed by atoms with Crippen LogP contribution < -0.4 is 9.47 Å². The zero-order valence-electron chi connectivity index (χ0n) is 23.6. The third kappa shape index (κ3) is 11.1. The van der Waals surface area contributed by atoms with Gasteiger partial charge in [-0.2, -0.15) is 0 Å². The first kappa shape index (κ1) is 30.8. The van der Waals surface area contributed by atoms with Crippen LogP contribution in [0.1, 0.15) is 107 Å². The lowest BCUT2D eigenvalue weighted by atomic mass is 10.1. The van der Waals surface area contributed by atoms with E-state index in [1.54, 1.807) is 30.3 Å². The highest BCUT2D eigenvalue weighted by Gasteiger charge is 2.12. The van der Waals surface area contributed by atoms with Crippen LogP contribution in [0.2, 0.25) is 0 Å². The molecule has 0 bridgehead atoms. The lowest BCUT2D eigenvalue weighted by molar-refractivity contribution is 0.0734. The molecule has 0 saturated heterocycles. The summed E-state index contributed by atoms with van der Waals surface area (Å²) in [5.41, 5.74) is 2.52. The fourth-order valence-corrected chi connectivity index (χ4v) is 4.88. The molecule has 39 heavy (non-hydrogen) atoms. The summed E-state index contributed by atoms with van der Waals surface area (Å²) in [6, 6.07) is 12.6. The predicted octanol–water partition coefficient (Wildman–Crippen LogP) is 9.77. The Morgan fingerprint density at radius 2 is 1.38 bits per heavy atom. The maximum atomic E-state index is 12.7. The number of aryl methyl sites for hydroxylation is 1. The van der Waals surface area contributed by atoms with Gasteiger partial charge in [0.05, 0.1) is 16.6 Å². The average molecular weight is 596 g/mol. The number of carbonyl (C=O) groups excluding carboxylic acids is 1. The summed E-state index contributed by atoms with van der Waals surface area (Å²) in [6.45, 7) is 5.11. The van der Waals surface area contributed by atoms with Crippen LogP contribution >= 0.6 is 15.9 Å². The van der Waals surface area contributed by atoms with Crippen molar-refractivity contribution in [3.05, 3.63) is 70.5 Å². The van der Waals surface area contributed by atoms with Crippen molar-refractivity contribution in [1.82, 2.24) is 9.97 Å². The summed E-state index contributed by atoms with van der Waals surface area (Å²) in [5.74, 6) is 1.46. The number of rotatable bonds is 18. The molecule has 0 aliphatic rings. The van der Waals surface area contributed by atoms with Crippen molar-refractivity contribution in [1.29, 1.82) is 0 Å². The number of halogens is 1. The molecular formula is C33H43BrN2O3. The number of hydrogen-bond donors (Lipinski definition) is 0. The van der Waals surface area contributed by atoms with Gasteiger partial charge >= 0.3 is 5.97 Å². The van der Waals surface area contributed by atoms with E-state index in [1.165, 1.54) is 69.8 Å². The third-order valence-electron chi connectivity index (χ3n) is 6.77. The quantitative estimate of drug-likeness (QED) is 0.0832. The fourth-order valence-electron chi connectivity index (χ4n) is 4.39. The van der Waals surface area contributed by atoms with Crippen molar-refractivity contribution >= 4 is 21.9 Å². The highest BCUT2D eigenvalue weighted by Crippen LogP contribution is 2.27. The van der Waals surface area contributed by atoms with E-state index in [-0.39, 0.29) is 0 Å². The van der Waals surface area contributed by atoms with Crippen LogP contribution in [0.25, 0.3) is 11.4 Å². The van der Waals surface area contributed by atoms with Gasteiger partial charge < -0.3 is 9.47 Å². The fraction of sp³-hybridized carbons (Fsp3) is 0.485. The Morgan fingerprint density at radius 3 is 2.03 bits per heavy atom. The molecular weight excluding hydrogens is 552 g/mol. The van der Waals surface area contributed by atoms with Gasteiger partial charge in [0.15, 0.2) is 5.82 Å². The monoisotopic (exact) mass is 594 g/mol. The molecule has 0 saturated carbocycles. The normalized spacial score (nSPS) is 10.9. The maximum absolute atomic E-state index is 12.7. The van der Waals surface area contributed by atoms with E-state index in [0.717, 1.165) is 35.0 Å². The van der Waals surface area contributed by atoms with E-state index < -0.39 is 5.97 Å². The van der Waals surface area contributed by atoms with E-state index in [1.807, 2.05) is 24.5 Å². The van der Waals surface area contributed by atoms with Crippen LogP contribution in [0.5, 0.6) is 11.5 Å². The second-order valence-electron chi connectivity index (χ2n) is 10.1. The number of unbranched alkanes of at least 4 members (excludes halogenated alkanes) is 10. The van der Waals surface area contributed by atoms with E-state index >= 15 is 0 Å². The van der Waals surface area contributed by atoms with Crippen molar-refractivity contribution in [3.8, 4) is 22.9 Å². The molecule has 0 aliphatic carbocycles. The zero-order chi connectivity index (χ0) is 27.7. The Bertz CT molecular complexity index is 1120. The second kappa shape index (κ2) is 17.8. The van der Waals surface area contributed by atoms with Crippen LogP contribution in [0.15, 0.2) is 59.3 Å². The first-order valence-corrected chi connectivity index (χ1v) is 15.5. The second-order valence-corrected chi connectivity index (χ2v) is 11.0. The minimum atomic E-state index is -0.417. The van der Waals surface area contributed by atoms with Gasteiger partial charge in [-0.3, -0.25) is 0 Å². The number of benzene rings is 2. The van der Waals surface area contributed by atoms with Gasteiger partial charge in [-0.25, -0.2) is 14.8 Å². The minimum absolute atomic E-state index is 0.417. The Hall–Kier alpha value is -2.73. The summed E-state index contributed by atoms with van der Waals surface area (Å²) >= 11 is 3.51. The molecule has 3 rings (SSSR count). The third-order valence-corrected chi connectivity index (χ3v) is 7.39. The Labute approximate surface area is 242 Å². The molecule has 3 aromatic rings. The largest absolute Gasteiger partial charge is 0.492 e. The van der Waals surface area contributed by atoms with E-state index in [0.29, 0.717) is 23.7 Å². The summed E-state index contributed by atoms with van der Waals surface area (Å²) in [5, 5.41) is 0. The maximum Gasteiger partial charge on any atom is 0.343 e. The van der Waals surface area contributed by atoms with Gasteiger partial charge in [0.1, 0.15) is 11.5 Å². The van der Waals surface area contributed by atoms with E-state index in [2.05, 4.69) is 39.7 Å². The van der Waals surface area contributed by atoms with Gasteiger partial charge in [-0.15, -0.1) is 0 Å². The van der Waals surface area contributed by atoms with Gasteiger partial charge in [0.2, 0.25) is 0 Å². The first-order chi connectivity index (χ1) is 19.1. The molecule has 1 heterocycles.